The van der Waals surface area contributed by atoms with Crippen LogP contribution in [0.15, 0.2) is 146 Å². The number of carbonyl (C=O) groups excluding carboxylic acids is 2. The van der Waals surface area contributed by atoms with Crippen molar-refractivity contribution < 1.29 is 18.7 Å². The van der Waals surface area contributed by atoms with Gasteiger partial charge in [-0.05, 0) is 11.1 Å². The van der Waals surface area contributed by atoms with E-state index in [4.69, 9.17) is 0 Å². The molecule has 5 aromatic rings. The van der Waals surface area contributed by atoms with Gasteiger partial charge in [0.2, 0.25) is 11.8 Å². The van der Waals surface area contributed by atoms with E-state index < -0.39 is 14.3 Å². The molecule has 0 spiro atoms. The lowest BCUT2D eigenvalue weighted by molar-refractivity contribution is -0.119. The SMILES string of the molecule is O=C(CP(=O)(c1ccccc1)c1ccccc1)NCc1cccc(CNC(=O)CP(=O)(c2ccccc2)c2ccccc2)c1. The molecular weight excluding hydrogens is 586 g/mol. The Kier molecular flexibility index (Phi) is 10.1. The first-order valence-corrected chi connectivity index (χ1v) is 18.2. The van der Waals surface area contributed by atoms with E-state index in [2.05, 4.69) is 10.6 Å². The summed E-state index contributed by atoms with van der Waals surface area (Å²) in [6.45, 7) is 0.503. The molecular formula is C36H34N2O4P2. The van der Waals surface area contributed by atoms with Crippen LogP contribution in [0.2, 0.25) is 0 Å². The zero-order valence-electron chi connectivity index (χ0n) is 24.2. The Labute approximate surface area is 258 Å². The molecule has 0 aromatic heterocycles. The largest absolute Gasteiger partial charge is 0.352 e. The summed E-state index contributed by atoms with van der Waals surface area (Å²) >= 11 is 0. The van der Waals surface area contributed by atoms with Crippen molar-refractivity contribution in [3.8, 4) is 0 Å². The highest BCUT2D eigenvalue weighted by Crippen LogP contribution is 2.43. The van der Waals surface area contributed by atoms with Gasteiger partial charge in [-0.2, -0.15) is 0 Å². The van der Waals surface area contributed by atoms with Crippen LogP contribution in [0.3, 0.4) is 0 Å². The van der Waals surface area contributed by atoms with Gasteiger partial charge in [0.05, 0.1) is 12.3 Å². The highest BCUT2D eigenvalue weighted by Gasteiger charge is 2.31. The molecule has 0 saturated heterocycles. The Hall–Kier alpha value is -4.50. The first-order valence-electron chi connectivity index (χ1n) is 14.4. The van der Waals surface area contributed by atoms with Crippen molar-refractivity contribution >= 4 is 47.3 Å². The molecule has 6 nitrogen and oxygen atoms in total. The molecule has 0 heterocycles. The second-order valence-electron chi connectivity index (χ2n) is 10.5. The molecule has 2 N–H and O–H groups in total. The molecule has 5 rings (SSSR count). The van der Waals surface area contributed by atoms with Gasteiger partial charge >= 0.3 is 0 Å². The van der Waals surface area contributed by atoms with Crippen LogP contribution in [0.4, 0.5) is 0 Å². The predicted octanol–water partition coefficient (Wildman–Crippen LogP) is 4.95. The number of hydrogen-bond acceptors (Lipinski definition) is 4. The van der Waals surface area contributed by atoms with E-state index in [1.165, 1.54) is 0 Å². The minimum atomic E-state index is -3.18. The van der Waals surface area contributed by atoms with Crippen LogP contribution in [-0.4, -0.2) is 24.1 Å². The van der Waals surface area contributed by atoms with Crippen molar-refractivity contribution in [1.82, 2.24) is 10.6 Å². The quantitative estimate of drug-likeness (QED) is 0.193. The van der Waals surface area contributed by atoms with Crippen LogP contribution in [0, 0.1) is 0 Å². The summed E-state index contributed by atoms with van der Waals surface area (Å²) in [6, 6.07) is 44.0. The molecule has 44 heavy (non-hydrogen) atoms. The fourth-order valence-electron chi connectivity index (χ4n) is 5.11. The molecule has 0 fully saturated rings. The van der Waals surface area contributed by atoms with Gasteiger partial charge in [-0.15, -0.1) is 0 Å². The Balaban J connectivity index is 1.21. The van der Waals surface area contributed by atoms with Crippen LogP contribution < -0.4 is 31.9 Å². The van der Waals surface area contributed by atoms with E-state index in [0.29, 0.717) is 21.2 Å². The van der Waals surface area contributed by atoms with E-state index in [1.54, 1.807) is 48.5 Å². The fourth-order valence-corrected chi connectivity index (χ4v) is 10.1. The van der Waals surface area contributed by atoms with Crippen molar-refractivity contribution in [2.24, 2.45) is 0 Å². The molecule has 0 saturated carbocycles. The molecule has 0 aliphatic rings. The summed E-state index contributed by atoms with van der Waals surface area (Å²) in [7, 11) is -6.35. The Morgan fingerprint density at radius 2 is 0.727 bits per heavy atom. The highest BCUT2D eigenvalue weighted by molar-refractivity contribution is 7.79. The van der Waals surface area contributed by atoms with Crippen LogP contribution in [-0.2, 0) is 31.8 Å². The maximum atomic E-state index is 14.2. The maximum Gasteiger partial charge on any atom is 0.228 e. The third kappa shape index (κ3) is 7.52. The molecule has 5 aromatic carbocycles. The van der Waals surface area contributed by atoms with Gasteiger partial charge in [0.15, 0.2) is 14.3 Å². The lowest BCUT2D eigenvalue weighted by atomic mass is 10.1. The molecule has 222 valence electrons. The van der Waals surface area contributed by atoms with E-state index in [-0.39, 0.29) is 37.2 Å². The normalized spacial score (nSPS) is 11.5. The van der Waals surface area contributed by atoms with Crippen LogP contribution in [0.25, 0.3) is 0 Å². The van der Waals surface area contributed by atoms with E-state index >= 15 is 0 Å². The summed E-state index contributed by atoms with van der Waals surface area (Å²) in [6.07, 6.45) is -0.278. The topological polar surface area (TPSA) is 92.3 Å². The number of rotatable bonds is 12. The van der Waals surface area contributed by atoms with Crippen LogP contribution in [0.1, 0.15) is 11.1 Å². The fraction of sp³-hybridized carbons (Fsp3) is 0.111. The van der Waals surface area contributed by atoms with Gasteiger partial charge in [-0.3, -0.25) is 9.59 Å². The number of hydrogen-bond donors (Lipinski definition) is 2. The van der Waals surface area contributed by atoms with Gasteiger partial charge in [0.25, 0.3) is 0 Å². The lowest BCUT2D eigenvalue weighted by Gasteiger charge is -2.19. The third-order valence-corrected chi connectivity index (χ3v) is 13.4. The second kappa shape index (κ2) is 14.3. The van der Waals surface area contributed by atoms with Crippen molar-refractivity contribution in [3.63, 3.8) is 0 Å². The molecule has 0 aliphatic carbocycles. The van der Waals surface area contributed by atoms with Gasteiger partial charge in [-0.25, -0.2) is 0 Å². The number of amides is 2. The van der Waals surface area contributed by atoms with Crippen molar-refractivity contribution in [3.05, 3.63) is 157 Å². The van der Waals surface area contributed by atoms with Crippen molar-refractivity contribution in [2.45, 2.75) is 13.1 Å². The lowest BCUT2D eigenvalue weighted by Crippen LogP contribution is -2.31. The zero-order chi connectivity index (χ0) is 30.8. The molecule has 0 aliphatic heterocycles. The molecule has 8 heteroatoms. The monoisotopic (exact) mass is 620 g/mol. The summed E-state index contributed by atoms with van der Waals surface area (Å²) < 4.78 is 28.4. The molecule has 0 unspecified atom stereocenters. The molecule has 0 bridgehead atoms. The minimum Gasteiger partial charge on any atom is -0.352 e. The average Bonchev–Trinajstić information content (AvgIpc) is 3.08. The van der Waals surface area contributed by atoms with Crippen LogP contribution >= 0.6 is 14.3 Å². The molecule has 0 radical (unpaired) electrons. The second-order valence-corrected chi connectivity index (χ2v) is 16.2. The summed E-state index contributed by atoms with van der Waals surface area (Å²) in [5.41, 5.74) is 1.69. The zero-order valence-corrected chi connectivity index (χ0v) is 26.0. The van der Waals surface area contributed by atoms with Gasteiger partial charge in [0, 0.05) is 34.3 Å². The van der Waals surface area contributed by atoms with Gasteiger partial charge in [0.1, 0.15) is 0 Å². The Morgan fingerprint density at radius 1 is 0.432 bits per heavy atom. The predicted molar refractivity (Wildman–Crippen MR) is 179 cm³/mol. The first kappa shape index (κ1) is 30.9. The highest BCUT2D eigenvalue weighted by atomic mass is 31.2. The average molecular weight is 621 g/mol. The summed E-state index contributed by atoms with van der Waals surface area (Å²) in [4.78, 5) is 26.2. The maximum absolute atomic E-state index is 14.2. The summed E-state index contributed by atoms with van der Waals surface area (Å²) in [5.74, 6) is -0.616. The standard InChI is InChI=1S/C36H34N2O4P2/c39-35(27-43(41,31-16-5-1-6-17-31)32-18-7-2-8-19-32)37-25-29-14-13-15-30(24-29)26-38-36(40)28-44(42,33-20-9-3-10-21-33)34-22-11-4-12-23-34/h1-24H,25-28H2,(H,37,39)(H,38,40). The van der Waals surface area contributed by atoms with E-state index in [1.807, 2.05) is 97.1 Å². The Morgan fingerprint density at radius 3 is 1.02 bits per heavy atom. The van der Waals surface area contributed by atoms with E-state index in [9.17, 15) is 18.7 Å². The number of benzene rings is 5. The van der Waals surface area contributed by atoms with Crippen molar-refractivity contribution in [2.75, 3.05) is 12.3 Å². The Bertz CT molecular complexity index is 1580. The smallest absolute Gasteiger partial charge is 0.228 e. The minimum absolute atomic E-state index is 0.139. The number of nitrogens with one attached hydrogen (secondary N) is 2. The van der Waals surface area contributed by atoms with Crippen LogP contribution in [0.5, 0.6) is 0 Å². The number of carbonyl (C=O) groups is 2. The third-order valence-electron chi connectivity index (χ3n) is 7.40. The molecule has 2 amide bonds. The summed E-state index contributed by atoms with van der Waals surface area (Å²) in [5, 5.41) is 8.40. The van der Waals surface area contributed by atoms with Gasteiger partial charge in [-0.1, -0.05) is 146 Å². The van der Waals surface area contributed by atoms with Gasteiger partial charge < -0.3 is 19.8 Å². The van der Waals surface area contributed by atoms with E-state index in [0.717, 1.165) is 11.1 Å². The first-order chi connectivity index (χ1) is 21.4. The van der Waals surface area contributed by atoms with Crippen molar-refractivity contribution in [1.29, 1.82) is 0 Å². The molecule has 0 atom stereocenters.